The van der Waals surface area contributed by atoms with E-state index >= 15 is 0 Å². The second-order valence-corrected chi connectivity index (χ2v) is 3.63. The lowest BCUT2D eigenvalue weighted by Gasteiger charge is -2.05. The van der Waals surface area contributed by atoms with E-state index in [0.29, 0.717) is 0 Å². The first-order chi connectivity index (χ1) is 7.77. The van der Waals surface area contributed by atoms with E-state index in [4.69, 9.17) is 4.74 Å². The fourth-order valence-corrected chi connectivity index (χ4v) is 1.38. The molecule has 0 spiro atoms. The molecular weight excluding hydrogens is 198 g/mol. The van der Waals surface area contributed by atoms with Gasteiger partial charge in [-0.05, 0) is 18.9 Å². The van der Waals surface area contributed by atoms with Gasteiger partial charge in [0.25, 0.3) is 0 Å². The molecular formula is C14H19NO. The quantitative estimate of drug-likeness (QED) is 0.543. The van der Waals surface area contributed by atoms with Crippen LogP contribution in [0.1, 0.15) is 32.3 Å². The SMILES string of the molecule is CCC/C(N=Cc1ccccc1)=C(\C)OC. The Labute approximate surface area is 97.7 Å². The Balaban J connectivity index is 2.80. The summed E-state index contributed by atoms with van der Waals surface area (Å²) < 4.78 is 5.22. The molecule has 86 valence electrons. The third-order valence-electron chi connectivity index (χ3n) is 2.37. The maximum absolute atomic E-state index is 5.22. The molecule has 1 aromatic rings. The molecule has 0 unspecified atom stereocenters. The Kier molecular flexibility index (Phi) is 5.34. The first-order valence-electron chi connectivity index (χ1n) is 5.60. The molecule has 0 amide bonds. The number of allylic oxidation sites excluding steroid dienone is 2. The Morgan fingerprint density at radius 2 is 2.00 bits per heavy atom. The zero-order valence-electron chi connectivity index (χ0n) is 10.2. The van der Waals surface area contributed by atoms with Crippen molar-refractivity contribution in [2.24, 2.45) is 4.99 Å². The van der Waals surface area contributed by atoms with Gasteiger partial charge in [0.2, 0.25) is 0 Å². The topological polar surface area (TPSA) is 21.6 Å². The molecule has 1 rings (SSSR count). The maximum Gasteiger partial charge on any atom is 0.114 e. The summed E-state index contributed by atoms with van der Waals surface area (Å²) >= 11 is 0. The molecule has 0 fully saturated rings. The van der Waals surface area contributed by atoms with E-state index in [0.717, 1.165) is 29.9 Å². The number of ether oxygens (including phenoxy) is 1. The monoisotopic (exact) mass is 217 g/mol. The molecule has 0 aliphatic rings. The fraction of sp³-hybridized carbons (Fsp3) is 0.357. The van der Waals surface area contributed by atoms with Gasteiger partial charge in [0.05, 0.1) is 12.8 Å². The van der Waals surface area contributed by atoms with Crippen LogP contribution in [0.15, 0.2) is 46.8 Å². The van der Waals surface area contributed by atoms with E-state index in [9.17, 15) is 0 Å². The van der Waals surface area contributed by atoms with Crippen molar-refractivity contribution < 1.29 is 4.74 Å². The average molecular weight is 217 g/mol. The van der Waals surface area contributed by atoms with E-state index in [1.165, 1.54) is 0 Å². The van der Waals surface area contributed by atoms with Crippen molar-refractivity contribution in [2.75, 3.05) is 7.11 Å². The highest BCUT2D eigenvalue weighted by Gasteiger charge is 1.99. The fourth-order valence-electron chi connectivity index (χ4n) is 1.38. The van der Waals surface area contributed by atoms with Gasteiger partial charge in [-0.25, -0.2) is 0 Å². The number of aliphatic imine (C=N–C) groups is 1. The number of hydrogen-bond donors (Lipinski definition) is 0. The Morgan fingerprint density at radius 1 is 1.31 bits per heavy atom. The van der Waals surface area contributed by atoms with Crippen LogP contribution in [0.2, 0.25) is 0 Å². The van der Waals surface area contributed by atoms with Crippen LogP contribution in [-0.2, 0) is 4.74 Å². The van der Waals surface area contributed by atoms with E-state index < -0.39 is 0 Å². The summed E-state index contributed by atoms with van der Waals surface area (Å²) in [4.78, 5) is 4.48. The van der Waals surface area contributed by atoms with Crippen LogP contribution >= 0.6 is 0 Å². The molecule has 0 aliphatic carbocycles. The second kappa shape index (κ2) is 6.83. The van der Waals surface area contributed by atoms with Crippen LogP contribution in [0.5, 0.6) is 0 Å². The highest BCUT2D eigenvalue weighted by atomic mass is 16.5. The molecule has 0 bridgehead atoms. The number of methoxy groups -OCH3 is 1. The van der Waals surface area contributed by atoms with E-state index in [1.54, 1.807) is 7.11 Å². The van der Waals surface area contributed by atoms with E-state index in [2.05, 4.69) is 11.9 Å². The Bertz CT molecular complexity index is 366. The van der Waals surface area contributed by atoms with Crippen molar-refractivity contribution in [1.29, 1.82) is 0 Å². The molecule has 0 saturated carbocycles. The first-order valence-corrected chi connectivity index (χ1v) is 5.60. The predicted molar refractivity (Wildman–Crippen MR) is 68.7 cm³/mol. The molecule has 0 atom stereocenters. The molecule has 2 heteroatoms. The molecule has 2 nitrogen and oxygen atoms in total. The van der Waals surface area contributed by atoms with Gasteiger partial charge < -0.3 is 4.74 Å². The van der Waals surface area contributed by atoms with E-state index in [1.807, 2.05) is 43.5 Å². The summed E-state index contributed by atoms with van der Waals surface area (Å²) in [5.74, 6) is 0.897. The molecule has 16 heavy (non-hydrogen) atoms. The average Bonchev–Trinajstić information content (AvgIpc) is 2.34. The molecule has 0 heterocycles. The third kappa shape index (κ3) is 3.89. The minimum absolute atomic E-state index is 0.897. The van der Waals surface area contributed by atoms with Gasteiger partial charge in [-0.3, -0.25) is 4.99 Å². The molecule has 0 aromatic heterocycles. The van der Waals surface area contributed by atoms with Crippen LogP contribution in [0.4, 0.5) is 0 Å². The van der Waals surface area contributed by atoms with Crippen LogP contribution < -0.4 is 0 Å². The van der Waals surface area contributed by atoms with Gasteiger partial charge in [0, 0.05) is 6.21 Å². The lowest BCUT2D eigenvalue weighted by Crippen LogP contribution is -1.90. The van der Waals surface area contributed by atoms with Crippen molar-refractivity contribution >= 4 is 6.21 Å². The minimum Gasteiger partial charge on any atom is -0.500 e. The van der Waals surface area contributed by atoms with Gasteiger partial charge >= 0.3 is 0 Å². The number of hydrogen-bond acceptors (Lipinski definition) is 2. The third-order valence-corrected chi connectivity index (χ3v) is 2.37. The predicted octanol–water partition coefficient (Wildman–Crippen LogP) is 3.78. The van der Waals surface area contributed by atoms with Crippen molar-refractivity contribution in [3.63, 3.8) is 0 Å². The summed E-state index contributed by atoms with van der Waals surface area (Å²) in [5, 5.41) is 0. The normalized spacial score (nSPS) is 12.7. The van der Waals surface area contributed by atoms with Crippen molar-refractivity contribution in [2.45, 2.75) is 26.7 Å². The standard InChI is InChI=1S/C14H19NO/c1-4-8-14(12(2)16-3)15-11-13-9-6-5-7-10-13/h5-7,9-11H,4,8H2,1-3H3/b14-12-,15-11?. The minimum atomic E-state index is 0.897. The number of rotatable bonds is 5. The second-order valence-electron chi connectivity index (χ2n) is 3.63. The lowest BCUT2D eigenvalue weighted by atomic mass is 10.2. The van der Waals surface area contributed by atoms with Gasteiger partial charge in [-0.15, -0.1) is 0 Å². The first kappa shape index (κ1) is 12.5. The van der Waals surface area contributed by atoms with Crippen LogP contribution in [0.3, 0.4) is 0 Å². The van der Waals surface area contributed by atoms with Crippen LogP contribution in [-0.4, -0.2) is 13.3 Å². The number of nitrogens with zero attached hydrogens (tertiary/aromatic N) is 1. The summed E-state index contributed by atoms with van der Waals surface area (Å²) in [7, 11) is 1.68. The van der Waals surface area contributed by atoms with Crippen molar-refractivity contribution in [1.82, 2.24) is 0 Å². The number of benzene rings is 1. The van der Waals surface area contributed by atoms with Crippen LogP contribution in [0, 0.1) is 0 Å². The highest BCUT2D eigenvalue weighted by molar-refractivity contribution is 5.80. The molecule has 0 N–H and O–H groups in total. The smallest absolute Gasteiger partial charge is 0.114 e. The zero-order chi connectivity index (χ0) is 11.8. The molecule has 0 radical (unpaired) electrons. The van der Waals surface area contributed by atoms with Gasteiger partial charge in [0.15, 0.2) is 0 Å². The summed E-state index contributed by atoms with van der Waals surface area (Å²) in [6, 6.07) is 10.1. The van der Waals surface area contributed by atoms with Gasteiger partial charge in [0.1, 0.15) is 5.76 Å². The van der Waals surface area contributed by atoms with Crippen molar-refractivity contribution in [3.8, 4) is 0 Å². The summed E-state index contributed by atoms with van der Waals surface area (Å²) in [6.07, 6.45) is 3.90. The van der Waals surface area contributed by atoms with E-state index in [-0.39, 0.29) is 0 Å². The van der Waals surface area contributed by atoms with Crippen molar-refractivity contribution in [3.05, 3.63) is 47.4 Å². The lowest BCUT2D eigenvalue weighted by molar-refractivity contribution is 0.287. The largest absolute Gasteiger partial charge is 0.500 e. The Hall–Kier alpha value is -1.57. The highest BCUT2D eigenvalue weighted by Crippen LogP contribution is 2.13. The maximum atomic E-state index is 5.22. The summed E-state index contributed by atoms with van der Waals surface area (Å²) in [5.41, 5.74) is 2.13. The summed E-state index contributed by atoms with van der Waals surface area (Å²) in [6.45, 7) is 4.09. The molecule has 0 saturated heterocycles. The molecule has 1 aromatic carbocycles. The van der Waals surface area contributed by atoms with Gasteiger partial charge in [-0.1, -0.05) is 43.7 Å². The zero-order valence-corrected chi connectivity index (χ0v) is 10.2. The molecule has 0 aliphatic heterocycles. The van der Waals surface area contributed by atoms with Crippen LogP contribution in [0.25, 0.3) is 0 Å². The van der Waals surface area contributed by atoms with Gasteiger partial charge in [-0.2, -0.15) is 0 Å². The Morgan fingerprint density at radius 3 is 2.56 bits per heavy atom.